The monoisotopic (exact) mass is 279 g/mol. The van der Waals surface area contributed by atoms with Gasteiger partial charge in [-0.05, 0) is 44.5 Å². The molecule has 2 heterocycles. The summed E-state index contributed by atoms with van der Waals surface area (Å²) in [6, 6.07) is 5.03. The largest absolute Gasteiger partial charge is 0.352 e. The summed E-state index contributed by atoms with van der Waals surface area (Å²) in [4.78, 5) is 7.18. The number of nitrogens with zero attached hydrogens (tertiary/aromatic N) is 2. The lowest BCUT2D eigenvalue weighted by Gasteiger charge is -2.34. The van der Waals surface area contributed by atoms with Crippen molar-refractivity contribution in [1.29, 1.82) is 0 Å². The first-order valence-electron chi connectivity index (χ1n) is 7.23. The van der Waals surface area contributed by atoms with Gasteiger partial charge in [0, 0.05) is 36.3 Å². The van der Waals surface area contributed by atoms with Crippen LogP contribution in [0.1, 0.15) is 31.5 Å². The third kappa shape index (κ3) is 4.11. The maximum absolute atomic E-state index is 4.73. The van der Waals surface area contributed by atoms with E-state index in [0.29, 0.717) is 6.04 Å². The third-order valence-electron chi connectivity index (χ3n) is 3.42. The molecule has 1 aromatic rings. The fourth-order valence-corrected chi connectivity index (χ4v) is 3.46. The molecule has 1 atom stereocenters. The Morgan fingerprint density at radius 3 is 3.05 bits per heavy atom. The fourth-order valence-electron chi connectivity index (χ4n) is 2.45. The molecule has 0 spiro atoms. The molecule has 106 valence electrons. The van der Waals surface area contributed by atoms with E-state index in [1.807, 2.05) is 11.8 Å². The average molecular weight is 279 g/mol. The zero-order valence-corrected chi connectivity index (χ0v) is 13.1. The molecule has 0 amide bonds. The van der Waals surface area contributed by atoms with E-state index in [1.54, 1.807) is 0 Å². The van der Waals surface area contributed by atoms with Crippen LogP contribution in [0.5, 0.6) is 0 Å². The molecule has 0 saturated carbocycles. The number of anilines is 1. The van der Waals surface area contributed by atoms with Crippen LogP contribution in [0.4, 0.5) is 5.82 Å². The molecular formula is C15H25N3S. The number of thioether (sulfide) groups is 1. The van der Waals surface area contributed by atoms with E-state index < -0.39 is 0 Å². The summed E-state index contributed by atoms with van der Waals surface area (Å²) < 4.78 is 0. The smallest absolute Gasteiger partial charge is 0.129 e. The van der Waals surface area contributed by atoms with Gasteiger partial charge in [-0.15, -0.1) is 0 Å². The van der Waals surface area contributed by atoms with Gasteiger partial charge in [0.2, 0.25) is 0 Å². The number of pyridine rings is 1. The van der Waals surface area contributed by atoms with Crippen LogP contribution in [0.25, 0.3) is 0 Å². The summed E-state index contributed by atoms with van der Waals surface area (Å²) in [5.41, 5.74) is 2.47. The van der Waals surface area contributed by atoms with E-state index in [2.05, 4.69) is 43.1 Å². The van der Waals surface area contributed by atoms with Crippen LogP contribution < -0.4 is 10.2 Å². The van der Waals surface area contributed by atoms with Gasteiger partial charge in [-0.3, -0.25) is 0 Å². The highest BCUT2D eigenvalue weighted by Gasteiger charge is 2.20. The summed E-state index contributed by atoms with van der Waals surface area (Å²) in [6.45, 7) is 9.73. The van der Waals surface area contributed by atoms with E-state index in [-0.39, 0.29) is 0 Å². The van der Waals surface area contributed by atoms with Gasteiger partial charge in [0.05, 0.1) is 0 Å². The Hall–Kier alpha value is -0.740. The van der Waals surface area contributed by atoms with Crippen molar-refractivity contribution in [3.05, 3.63) is 23.4 Å². The van der Waals surface area contributed by atoms with Gasteiger partial charge in [0.25, 0.3) is 0 Å². The maximum Gasteiger partial charge on any atom is 0.129 e. The Morgan fingerprint density at radius 2 is 2.32 bits per heavy atom. The van der Waals surface area contributed by atoms with Crippen molar-refractivity contribution < 1.29 is 0 Å². The summed E-state index contributed by atoms with van der Waals surface area (Å²) in [6.07, 6.45) is 1.18. The minimum Gasteiger partial charge on any atom is -0.352 e. The van der Waals surface area contributed by atoms with E-state index >= 15 is 0 Å². The van der Waals surface area contributed by atoms with Gasteiger partial charge >= 0.3 is 0 Å². The van der Waals surface area contributed by atoms with Crippen molar-refractivity contribution >= 4 is 17.6 Å². The minimum absolute atomic E-state index is 0.588. The van der Waals surface area contributed by atoms with Gasteiger partial charge in [0.15, 0.2) is 0 Å². The predicted molar refractivity (Wildman–Crippen MR) is 85.1 cm³/mol. The number of hydrogen-bond acceptors (Lipinski definition) is 4. The van der Waals surface area contributed by atoms with Crippen molar-refractivity contribution in [2.45, 2.75) is 39.8 Å². The quantitative estimate of drug-likeness (QED) is 0.839. The molecular weight excluding hydrogens is 254 g/mol. The highest BCUT2D eigenvalue weighted by Crippen LogP contribution is 2.23. The molecule has 19 heavy (non-hydrogen) atoms. The first kappa shape index (κ1) is 14.7. The molecule has 1 aromatic heterocycles. The summed E-state index contributed by atoms with van der Waals surface area (Å²) in [5, 5.41) is 3.47. The van der Waals surface area contributed by atoms with Crippen LogP contribution in [0, 0.1) is 6.92 Å². The Bertz CT molecular complexity index is 408. The second-order valence-electron chi connectivity index (χ2n) is 5.27. The average Bonchev–Trinajstić information content (AvgIpc) is 2.39. The first-order chi connectivity index (χ1) is 9.20. The number of aryl methyl sites for hydroxylation is 1. The summed E-state index contributed by atoms with van der Waals surface area (Å²) in [5.74, 6) is 3.57. The number of rotatable bonds is 5. The molecule has 1 N–H and O–H groups in total. The molecule has 3 nitrogen and oxygen atoms in total. The summed E-state index contributed by atoms with van der Waals surface area (Å²) >= 11 is 2.04. The number of aromatic nitrogens is 1. The van der Waals surface area contributed by atoms with Crippen molar-refractivity contribution in [3.8, 4) is 0 Å². The number of nitrogens with one attached hydrogen (secondary N) is 1. The van der Waals surface area contributed by atoms with Gasteiger partial charge in [-0.1, -0.05) is 6.92 Å². The molecule has 0 aromatic carbocycles. The summed E-state index contributed by atoms with van der Waals surface area (Å²) in [7, 11) is 0. The zero-order chi connectivity index (χ0) is 13.7. The maximum atomic E-state index is 4.73. The van der Waals surface area contributed by atoms with Crippen LogP contribution in [0.2, 0.25) is 0 Å². The molecule has 1 unspecified atom stereocenters. The molecule has 2 rings (SSSR count). The Morgan fingerprint density at radius 1 is 1.47 bits per heavy atom. The minimum atomic E-state index is 0.588. The molecule has 1 saturated heterocycles. The van der Waals surface area contributed by atoms with Crippen molar-refractivity contribution in [1.82, 2.24) is 10.3 Å². The topological polar surface area (TPSA) is 28.2 Å². The SMILES string of the molecule is CCCNCc1cc(C)nc(N2CCSCC2C)c1. The van der Waals surface area contributed by atoms with Crippen LogP contribution in [0.3, 0.4) is 0 Å². The Balaban J connectivity index is 2.11. The van der Waals surface area contributed by atoms with E-state index in [9.17, 15) is 0 Å². The standard InChI is InChI=1S/C15H25N3S/c1-4-5-16-10-14-8-12(2)17-15(9-14)18-6-7-19-11-13(18)3/h8-9,13,16H,4-7,10-11H2,1-3H3. The van der Waals surface area contributed by atoms with Crippen LogP contribution in [0.15, 0.2) is 12.1 Å². The Kier molecular flexibility index (Phi) is 5.52. The first-order valence-corrected chi connectivity index (χ1v) is 8.39. The van der Waals surface area contributed by atoms with Crippen molar-refractivity contribution in [2.75, 3.05) is 29.5 Å². The van der Waals surface area contributed by atoms with E-state index in [0.717, 1.165) is 31.1 Å². The lowest BCUT2D eigenvalue weighted by Crippen LogP contribution is -2.41. The molecule has 0 radical (unpaired) electrons. The third-order valence-corrected chi connectivity index (χ3v) is 4.61. The molecule has 4 heteroatoms. The van der Waals surface area contributed by atoms with Crippen molar-refractivity contribution in [3.63, 3.8) is 0 Å². The lowest BCUT2D eigenvalue weighted by atomic mass is 10.2. The van der Waals surface area contributed by atoms with Gasteiger partial charge < -0.3 is 10.2 Å². The molecule has 1 aliphatic rings. The predicted octanol–water partition coefficient (Wildman–Crippen LogP) is 2.83. The van der Waals surface area contributed by atoms with E-state index in [4.69, 9.17) is 4.98 Å². The van der Waals surface area contributed by atoms with Gasteiger partial charge in [0.1, 0.15) is 5.82 Å². The van der Waals surface area contributed by atoms with Crippen LogP contribution >= 0.6 is 11.8 Å². The lowest BCUT2D eigenvalue weighted by molar-refractivity contribution is 0.667. The van der Waals surface area contributed by atoms with Crippen LogP contribution in [-0.2, 0) is 6.54 Å². The zero-order valence-electron chi connectivity index (χ0n) is 12.3. The van der Waals surface area contributed by atoms with Gasteiger partial charge in [-0.2, -0.15) is 11.8 Å². The number of hydrogen-bond donors (Lipinski definition) is 1. The fraction of sp³-hybridized carbons (Fsp3) is 0.667. The van der Waals surface area contributed by atoms with Crippen LogP contribution in [-0.4, -0.2) is 35.6 Å². The highest BCUT2D eigenvalue weighted by molar-refractivity contribution is 7.99. The normalized spacial score (nSPS) is 19.7. The highest BCUT2D eigenvalue weighted by atomic mass is 32.2. The van der Waals surface area contributed by atoms with E-state index in [1.165, 1.54) is 23.5 Å². The molecule has 0 aliphatic carbocycles. The molecule has 0 bridgehead atoms. The van der Waals surface area contributed by atoms with Crippen molar-refractivity contribution in [2.24, 2.45) is 0 Å². The molecule has 1 aliphatic heterocycles. The van der Waals surface area contributed by atoms with Gasteiger partial charge in [-0.25, -0.2) is 4.98 Å². The second-order valence-corrected chi connectivity index (χ2v) is 6.42. The molecule has 1 fully saturated rings. The second kappa shape index (κ2) is 7.15. The Labute approximate surface area is 121 Å².